The zero-order valence-electron chi connectivity index (χ0n) is 17.5. The summed E-state index contributed by atoms with van der Waals surface area (Å²) in [4.78, 5) is 29.1. The predicted molar refractivity (Wildman–Crippen MR) is 124 cm³/mol. The van der Waals surface area contributed by atoms with Gasteiger partial charge in [0.2, 0.25) is 5.91 Å². The summed E-state index contributed by atoms with van der Waals surface area (Å²) in [5.74, 6) is 0.413. The molecule has 1 aromatic heterocycles. The number of aromatic nitrogens is 1. The van der Waals surface area contributed by atoms with E-state index >= 15 is 0 Å². The molecule has 1 N–H and O–H groups in total. The summed E-state index contributed by atoms with van der Waals surface area (Å²) in [7, 11) is 2.16. The van der Waals surface area contributed by atoms with Gasteiger partial charge in [0.15, 0.2) is 0 Å². The van der Waals surface area contributed by atoms with Gasteiger partial charge in [-0.1, -0.05) is 12.1 Å². The van der Waals surface area contributed by atoms with Crippen molar-refractivity contribution in [3.63, 3.8) is 0 Å². The van der Waals surface area contributed by atoms with E-state index in [2.05, 4.69) is 58.1 Å². The largest absolute Gasteiger partial charge is 0.334 e. The van der Waals surface area contributed by atoms with E-state index in [-0.39, 0.29) is 18.0 Å². The number of rotatable bonds is 3. The van der Waals surface area contributed by atoms with Crippen LogP contribution in [0.15, 0.2) is 18.2 Å². The number of hydrogen-bond acceptors (Lipinski definition) is 3. The predicted octanol–water partition coefficient (Wildman–Crippen LogP) is 3.67. The molecule has 0 bridgehead atoms. The van der Waals surface area contributed by atoms with Crippen molar-refractivity contribution in [2.75, 3.05) is 26.7 Å². The number of likely N-dealkylation sites (N-methyl/N-ethyl adjacent to an activating group) is 1. The van der Waals surface area contributed by atoms with Crippen LogP contribution in [0.1, 0.15) is 49.0 Å². The molecule has 2 aliphatic rings. The number of nitrogens with one attached hydrogen (secondary N) is 1. The zero-order valence-corrected chi connectivity index (χ0v) is 19.7. The lowest BCUT2D eigenvalue weighted by Gasteiger charge is -2.46. The molecule has 6 nitrogen and oxygen atoms in total. The highest BCUT2D eigenvalue weighted by molar-refractivity contribution is 14.1. The molecule has 1 fully saturated rings. The van der Waals surface area contributed by atoms with Crippen LogP contribution in [0.5, 0.6) is 0 Å². The number of benzene rings is 1. The van der Waals surface area contributed by atoms with Crippen molar-refractivity contribution in [1.82, 2.24) is 19.7 Å². The third kappa shape index (κ3) is 3.36. The maximum absolute atomic E-state index is 12.6. The molecule has 0 radical (unpaired) electrons. The number of fused-ring (bicyclic) bond motifs is 2. The van der Waals surface area contributed by atoms with Crippen LogP contribution >= 0.6 is 22.6 Å². The van der Waals surface area contributed by atoms with Crippen LogP contribution in [-0.2, 0) is 6.42 Å². The molecule has 29 heavy (non-hydrogen) atoms. The van der Waals surface area contributed by atoms with Gasteiger partial charge in [-0.25, -0.2) is 4.79 Å². The molecule has 1 saturated heterocycles. The molecule has 1 aromatic carbocycles. The topological polar surface area (TPSA) is 57.6 Å². The maximum Gasteiger partial charge on any atom is 0.317 e. The zero-order chi connectivity index (χ0) is 20.9. The number of piperidine rings is 1. The fraction of sp³-hybridized carbons (Fsp3) is 0.545. The van der Waals surface area contributed by atoms with E-state index in [1.165, 1.54) is 16.5 Å². The molecule has 3 atom stereocenters. The Morgan fingerprint density at radius 3 is 2.66 bits per heavy atom. The van der Waals surface area contributed by atoms with Crippen molar-refractivity contribution < 1.29 is 9.59 Å². The quantitative estimate of drug-likeness (QED) is 0.644. The van der Waals surface area contributed by atoms with Gasteiger partial charge in [-0.15, -0.1) is 0 Å². The summed E-state index contributed by atoms with van der Waals surface area (Å²) in [5.41, 5.74) is 3.63. The van der Waals surface area contributed by atoms with Crippen LogP contribution in [0, 0.1) is 3.70 Å². The number of amides is 2. The average Bonchev–Trinajstić information content (AvgIpc) is 2.97. The third-order valence-electron chi connectivity index (χ3n) is 6.65. The first-order valence-corrected chi connectivity index (χ1v) is 11.5. The average molecular weight is 508 g/mol. The summed E-state index contributed by atoms with van der Waals surface area (Å²) in [5, 5.41) is 4.51. The van der Waals surface area contributed by atoms with Gasteiger partial charge in [0.25, 0.3) is 0 Å². The van der Waals surface area contributed by atoms with Crippen LogP contribution < -0.4 is 5.32 Å². The molecule has 2 amide bonds. The Hall–Kier alpha value is -1.61. The van der Waals surface area contributed by atoms with Crippen molar-refractivity contribution in [3.05, 3.63) is 33.0 Å². The van der Waals surface area contributed by atoms with E-state index in [0.717, 1.165) is 41.7 Å². The van der Waals surface area contributed by atoms with Crippen molar-refractivity contribution in [1.29, 1.82) is 0 Å². The van der Waals surface area contributed by atoms with Gasteiger partial charge >= 0.3 is 6.03 Å². The number of carbonyl (C=O) groups is 2. The molecule has 156 valence electrons. The third-order valence-corrected chi connectivity index (χ3v) is 7.78. The molecule has 2 heterocycles. The van der Waals surface area contributed by atoms with Crippen molar-refractivity contribution in [3.8, 4) is 0 Å². The van der Waals surface area contributed by atoms with Crippen LogP contribution in [0.3, 0.4) is 0 Å². The minimum absolute atomic E-state index is 0.0267. The number of carbonyl (C=O) groups excluding carboxylic acids is 2. The first-order valence-electron chi connectivity index (χ1n) is 10.5. The summed E-state index contributed by atoms with van der Waals surface area (Å²) >= 11 is 2.33. The Morgan fingerprint density at radius 2 is 2.00 bits per heavy atom. The Bertz CT molecular complexity index is 965. The van der Waals surface area contributed by atoms with Gasteiger partial charge in [-0.2, -0.15) is 0 Å². The number of urea groups is 1. The van der Waals surface area contributed by atoms with Crippen LogP contribution in [0.4, 0.5) is 4.79 Å². The lowest BCUT2D eigenvalue weighted by atomic mass is 9.74. The fourth-order valence-electron chi connectivity index (χ4n) is 5.27. The molecule has 0 unspecified atom stereocenters. The molecule has 1 aliphatic heterocycles. The molecule has 0 spiro atoms. The second-order valence-corrected chi connectivity index (χ2v) is 9.26. The second kappa shape index (κ2) is 7.91. The molecular formula is C22H29IN4O2. The standard InChI is InChI=1S/C22H29IN4O2/c1-5-26(6-2)22(29)24-14-10-16-15-8-7-9-18-20(15)17(11-19(16)25(4)12-14)21(23)27(18)13(3)28/h7-9,14,16,19H,5-6,10-12H2,1-4H3,(H,24,29)/t14-,16+,19+/m0/s1. The Kier molecular flexibility index (Phi) is 5.63. The van der Waals surface area contributed by atoms with E-state index in [1.807, 2.05) is 23.3 Å². The lowest BCUT2D eigenvalue weighted by Crippen LogP contribution is -2.56. The maximum atomic E-state index is 12.6. The van der Waals surface area contributed by atoms with Gasteiger partial charge in [0.05, 0.1) is 9.22 Å². The fourth-order valence-corrected chi connectivity index (χ4v) is 6.36. The molecular weight excluding hydrogens is 479 g/mol. The van der Waals surface area contributed by atoms with Crippen molar-refractivity contribution in [2.45, 2.75) is 51.6 Å². The van der Waals surface area contributed by atoms with Crippen LogP contribution in [0.25, 0.3) is 10.9 Å². The highest BCUT2D eigenvalue weighted by Crippen LogP contribution is 2.45. The molecule has 4 rings (SSSR count). The summed E-state index contributed by atoms with van der Waals surface area (Å²) in [6, 6.07) is 6.88. The Morgan fingerprint density at radius 1 is 1.28 bits per heavy atom. The van der Waals surface area contributed by atoms with Gasteiger partial charge in [-0.05, 0) is 73.5 Å². The van der Waals surface area contributed by atoms with Gasteiger partial charge in [0.1, 0.15) is 0 Å². The minimum Gasteiger partial charge on any atom is -0.334 e. The summed E-state index contributed by atoms with van der Waals surface area (Å²) < 4.78 is 2.90. The van der Waals surface area contributed by atoms with E-state index < -0.39 is 0 Å². The number of halogens is 1. The molecule has 0 saturated carbocycles. The molecule has 7 heteroatoms. The van der Waals surface area contributed by atoms with Gasteiger partial charge < -0.3 is 15.1 Å². The summed E-state index contributed by atoms with van der Waals surface area (Å²) in [6.07, 6.45) is 1.88. The van der Waals surface area contributed by atoms with Crippen molar-refractivity contribution in [2.24, 2.45) is 0 Å². The number of nitrogens with zero attached hydrogens (tertiary/aromatic N) is 3. The SMILES string of the molecule is CCN(CC)C(=O)N[C@H]1C[C@@H]2c3cccc4c3c(c(I)n4C(C)=O)C[C@H]2N(C)C1. The van der Waals surface area contributed by atoms with E-state index in [4.69, 9.17) is 0 Å². The summed E-state index contributed by atoms with van der Waals surface area (Å²) in [6.45, 7) is 7.94. The van der Waals surface area contributed by atoms with E-state index in [9.17, 15) is 9.59 Å². The van der Waals surface area contributed by atoms with Gasteiger partial charge in [-0.3, -0.25) is 9.36 Å². The van der Waals surface area contributed by atoms with Crippen LogP contribution in [0.2, 0.25) is 0 Å². The molecule has 2 aromatic rings. The van der Waals surface area contributed by atoms with Crippen LogP contribution in [-0.4, -0.2) is 65.1 Å². The first kappa shape index (κ1) is 20.7. The number of hydrogen-bond donors (Lipinski definition) is 1. The number of likely N-dealkylation sites (tertiary alicyclic amines) is 1. The monoisotopic (exact) mass is 508 g/mol. The Labute approximate surface area is 185 Å². The second-order valence-electron chi connectivity index (χ2n) is 8.24. The molecule has 1 aliphatic carbocycles. The highest BCUT2D eigenvalue weighted by atomic mass is 127. The smallest absolute Gasteiger partial charge is 0.317 e. The van der Waals surface area contributed by atoms with E-state index in [1.54, 1.807) is 6.92 Å². The van der Waals surface area contributed by atoms with E-state index in [0.29, 0.717) is 12.0 Å². The lowest BCUT2D eigenvalue weighted by molar-refractivity contribution is 0.0938. The highest BCUT2D eigenvalue weighted by Gasteiger charge is 2.41. The van der Waals surface area contributed by atoms with Gasteiger partial charge in [0, 0.05) is 49.9 Å². The first-order chi connectivity index (χ1) is 13.9. The van der Waals surface area contributed by atoms with Crippen molar-refractivity contribution >= 4 is 45.4 Å². The minimum atomic E-state index is 0.0267. The Balaban J connectivity index is 1.70. The normalized spacial score (nSPS) is 23.7.